The van der Waals surface area contributed by atoms with Crippen LogP contribution in [0.5, 0.6) is 5.75 Å². The van der Waals surface area contributed by atoms with E-state index in [1.807, 2.05) is 24.3 Å². The molecule has 0 aliphatic carbocycles. The fourth-order valence-electron chi connectivity index (χ4n) is 2.82. The summed E-state index contributed by atoms with van der Waals surface area (Å²) in [6, 6.07) is 14.3. The van der Waals surface area contributed by atoms with Crippen LogP contribution in [0.3, 0.4) is 0 Å². The molecule has 1 saturated heterocycles. The molecule has 1 aliphatic rings. The van der Waals surface area contributed by atoms with E-state index in [1.54, 1.807) is 7.11 Å². The highest BCUT2D eigenvalue weighted by Crippen LogP contribution is 2.44. The quantitative estimate of drug-likeness (QED) is 0.871. The Morgan fingerprint density at radius 3 is 2.55 bits per heavy atom. The highest BCUT2D eigenvalue weighted by molar-refractivity contribution is 5.53. The second-order valence-corrected chi connectivity index (χ2v) is 5.40. The molecule has 0 unspecified atom stereocenters. The average Bonchev–Trinajstić information content (AvgIpc) is 2.38. The minimum Gasteiger partial charge on any atom is -0.496 e. The van der Waals surface area contributed by atoms with Gasteiger partial charge in [-0.3, -0.25) is 0 Å². The molecule has 0 aromatic heterocycles. The van der Waals surface area contributed by atoms with E-state index in [9.17, 15) is 0 Å². The maximum absolute atomic E-state index is 5.94. The molecule has 0 atom stereocenters. The van der Waals surface area contributed by atoms with E-state index >= 15 is 0 Å². The lowest BCUT2D eigenvalue weighted by Gasteiger charge is -2.43. The van der Waals surface area contributed by atoms with E-state index in [-0.39, 0.29) is 5.41 Å². The topological polar surface area (TPSA) is 44.5 Å². The van der Waals surface area contributed by atoms with Crippen molar-refractivity contribution in [3.63, 3.8) is 0 Å². The van der Waals surface area contributed by atoms with Gasteiger partial charge >= 0.3 is 0 Å². The Morgan fingerprint density at radius 1 is 1.15 bits per heavy atom. The third-order valence-corrected chi connectivity index (χ3v) is 4.01. The lowest BCUT2D eigenvalue weighted by molar-refractivity contribution is -0.0388. The van der Waals surface area contributed by atoms with Crippen LogP contribution in [0.4, 0.5) is 5.69 Å². The molecule has 1 fully saturated rings. The van der Waals surface area contributed by atoms with Crippen LogP contribution in [0.2, 0.25) is 0 Å². The summed E-state index contributed by atoms with van der Waals surface area (Å²) >= 11 is 0. The number of rotatable bonds is 3. The van der Waals surface area contributed by atoms with Crippen LogP contribution in [0.1, 0.15) is 16.7 Å². The summed E-state index contributed by atoms with van der Waals surface area (Å²) in [5.41, 5.74) is 10.2. The third kappa shape index (κ3) is 1.95. The Hall–Kier alpha value is -2.00. The summed E-state index contributed by atoms with van der Waals surface area (Å²) < 4.78 is 11.1. The molecule has 2 aromatic rings. The Kier molecular flexibility index (Phi) is 3.14. The van der Waals surface area contributed by atoms with Crippen molar-refractivity contribution in [3.05, 3.63) is 59.2 Å². The second kappa shape index (κ2) is 4.84. The van der Waals surface area contributed by atoms with Crippen LogP contribution in [-0.2, 0) is 10.2 Å². The zero-order valence-corrected chi connectivity index (χ0v) is 11.8. The van der Waals surface area contributed by atoms with Crippen molar-refractivity contribution in [1.29, 1.82) is 0 Å². The fraction of sp³-hybridized carbons (Fsp3) is 0.294. The molecule has 2 aromatic carbocycles. The normalized spacial score (nSPS) is 16.5. The number of nitrogen functional groups attached to an aromatic ring is 1. The highest BCUT2D eigenvalue weighted by Gasteiger charge is 2.44. The minimum absolute atomic E-state index is 0.146. The van der Waals surface area contributed by atoms with Gasteiger partial charge in [-0.2, -0.15) is 0 Å². The van der Waals surface area contributed by atoms with Gasteiger partial charge in [-0.1, -0.05) is 29.8 Å². The summed E-state index contributed by atoms with van der Waals surface area (Å²) in [7, 11) is 1.71. The number of nitrogens with two attached hydrogens (primary N) is 1. The van der Waals surface area contributed by atoms with Crippen LogP contribution in [0.25, 0.3) is 0 Å². The number of hydrogen-bond acceptors (Lipinski definition) is 3. The zero-order chi connectivity index (χ0) is 14.2. The Bertz CT molecular complexity index is 633. The third-order valence-electron chi connectivity index (χ3n) is 4.01. The molecule has 3 nitrogen and oxygen atoms in total. The first kappa shape index (κ1) is 13.0. The van der Waals surface area contributed by atoms with E-state index in [4.69, 9.17) is 15.2 Å². The molecule has 0 amide bonds. The van der Waals surface area contributed by atoms with E-state index < -0.39 is 0 Å². The maximum atomic E-state index is 5.94. The lowest BCUT2D eigenvalue weighted by atomic mass is 9.72. The van der Waals surface area contributed by atoms with Gasteiger partial charge in [-0.05, 0) is 30.7 Å². The second-order valence-electron chi connectivity index (χ2n) is 5.40. The first-order valence-electron chi connectivity index (χ1n) is 6.74. The number of hydrogen-bond donors (Lipinski definition) is 1. The molecule has 1 aliphatic heterocycles. The van der Waals surface area contributed by atoms with Gasteiger partial charge in [-0.15, -0.1) is 0 Å². The molecule has 3 rings (SSSR count). The Morgan fingerprint density at radius 2 is 1.95 bits per heavy atom. The number of anilines is 1. The fourth-order valence-corrected chi connectivity index (χ4v) is 2.82. The van der Waals surface area contributed by atoms with Crippen LogP contribution in [0.15, 0.2) is 42.5 Å². The first-order valence-corrected chi connectivity index (χ1v) is 6.74. The van der Waals surface area contributed by atoms with Crippen molar-refractivity contribution in [2.75, 3.05) is 26.1 Å². The molecule has 0 spiro atoms. The van der Waals surface area contributed by atoms with Gasteiger partial charge in [-0.25, -0.2) is 0 Å². The van der Waals surface area contributed by atoms with Crippen molar-refractivity contribution >= 4 is 5.69 Å². The molecule has 3 heteroatoms. The smallest absolute Gasteiger partial charge is 0.123 e. The molecular formula is C17H19NO2. The highest BCUT2D eigenvalue weighted by atomic mass is 16.5. The van der Waals surface area contributed by atoms with Crippen molar-refractivity contribution in [1.82, 2.24) is 0 Å². The largest absolute Gasteiger partial charge is 0.496 e. The molecule has 0 radical (unpaired) electrons. The van der Waals surface area contributed by atoms with Crippen LogP contribution in [-0.4, -0.2) is 20.3 Å². The van der Waals surface area contributed by atoms with Gasteiger partial charge < -0.3 is 15.2 Å². The van der Waals surface area contributed by atoms with Gasteiger partial charge in [0, 0.05) is 11.3 Å². The Balaban J connectivity index is 2.16. The van der Waals surface area contributed by atoms with Crippen LogP contribution >= 0.6 is 0 Å². The summed E-state index contributed by atoms with van der Waals surface area (Å²) in [4.78, 5) is 0. The molecule has 1 heterocycles. The van der Waals surface area contributed by atoms with Gasteiger partial charge in [0.2, 0.25) is 0 Å². The molecule has 0 bridgehead atoms. The van der Waals surface area contributed by atoms with Gasteiger partial charge in [0.1, 0.15) is 5.75 Å². The molecule has 20 heavy (non-hydrogen) atoms. The monoisotopic (exact) mass is 269 g/mol. The minimum atomic E-state index is -0.146. The molecular weight excluding hydrogens is 250 g/mol. The average molecular weight is 269 g/mol. The Labute approximate surface area is 119 Å². The first-order chi connectivity index (χ1) is 9.65. The van der Waals surface area contributed by atoms with Gasteiger partial charge in [0.15, 0.2) is 0 Å². The van der Waals surface area contributed by atoms with Gasteiger partial charge in [0.05, 0.1) is 25.7 Å². The van der Waals surface area contributed by atoms with E-state index in [0.29, 0.717) is 13.2 Å². The zero-order valence-electron chi connectivity index (χ0n) is 11.8. The summed E-state index contributed by atoms with van der Waals surface area (Å²) in [6.07, 6.45) is 0. The molecule has 2 N–H and O–H groups in total. The van der Waals surface area contributed by atoms with E-state index in [0.717, 1.165) is 11.4 Å². The number of benzene rings is 2. The molecule has 0 saturated carbocycles. The van der Waals surface area contributed by atoms with Crippen molar-refractivity contribution < 1.29 is 9.47 Å². The summed E-state index contributed by atoms with van der Waals surface area (Å²) in [6.45, 7) is 3.42. The van der Waals surface area contributed by atoms with Crippen molar-refractivity contribution in [2.45, 2.75) is 12.3 Å². The number of methoxy groups -OCH3 is 1. The van der Waals surface area contributed by atoms with Gasteiger partial charge in [0.25, 0.3) is 0 Å². The maximum Gasteiger partial charge on any atom is 0.123 e. The summed E-state index contributed by atoms with van der Waals surface area (Å²) in [5, 5.41) is 0. The molecule has 104 valence electrons. The number of ether oxygens (including phenoxy) is 2. The number of aryl methyl sites for hydroxylation is 1. The standard InChI is InChI=1S/C17H19NO2/c1-12-6-7-16(19-2)15(8-12)17(10-20-11-17)13-4-3-5-14(18)9-13/h3-9H,10-11,18H2,1-2H3. The summed E-state index contributed by atoms with van der Waals surface area (Å²) in [5.74, 6) is 0.904. The predicted octanol–water partition coefficient (Wildman–Crippen LogP) is 2.90. The van der Waals surface area contributed by atoms with Crippen LogP contribution in [0, 0.1) is 6.92 Å². The van der Waals surface area contributed by atoms with Crippen molar-refractivity contribution in [2.24, 2.45) is 0 Å². The predicted molar refractivity (Wildman–Crippen MR) is 80.2 cm³/mol. The van der Waals surface area contributed by atoms with E-state index in [2.05, 4.69) is 25.1 Å². The SMILES string of the molecule is COc1ccc(C)cc1C1(c2cccc(N)c2)COC1. The van der Waals surface area contributed by atoms with Crippen molar-refractivity contribution in [3.8, 4) is 5.75 Å². The van der Waals surface area contributed by atoms with Crippen LogP contribution < -0.4 is 10.5 Å². The lowest BCUT2D eigenvalue weighted by Crippen LogP contribution is -2.48. The van der Waals surface area contributed by atoms with E-state index in [1.165, 1.54) is 16.7 Å².